The SMILES string of the molecule is CCCCC(=O)Nc1cccc(SC(C)C(=O)Nc2ccc(Cl)cc2C(F)(F)F)c1. The fourth-order valence-electron chi connectivity index (χ4n) is 2.56. The average Bonchev–Trinajstić information content (AvgIpc) is 2.67. The van der Waals surface area contributed by atoms with Crippen LogP contribution in [0.3, 0.4) is 0 Å². The summed E-state index contributed by atoms with van der Waals surface area (Å²) in [5.41, 5.74) is -0.746. The lowest BCUT2D eigenvalue weighted by atomic mass is 10.1. The first-order valence-electron chi connectivity index (χ1n) is 9.34. The Bertz CT molecular complexity index is 906. The number of carbonyl (C=O) groups excluding carboxylic acids is 2. The van der Waals surface area contributed by atoms with E-state index in [0.717, 1.165) is 25.0 Å². The molecule has 4 nitrogen and oxygen atoms in total. The number of hydrogen-bond acceptors (Lipinski definition) is 3. The van der Waals surface area contributed by atoms with Crippen molar-refractivity contribution in [3.8, 4) is 0 Å². The zero-order valence-electron chi connectivity index (χ0n) is 16.5. The lowest BCUT2D eigenvalue weighted by Crippen LogP contribution is -2.24. The molecule has 2 amide bonds. The van der Waals surface area contributed by atoms with Gasteiger partial charge in [-0.25, -0.2) is 0 Å². The fourth-order valence-corrected chi connectivity index (χ4v) is 3.66. The van der Waals surface area contributed by atoms with E-state index in [2.05, 4.69) is 10.6 Å². The summed E-state index contributed by atoms with van der Waals surface area (Å²) in [5.74, 6) is -0.669. The number of rotatable bonds is 8. The predicted octanol–water partition coefficient (Wildman–Crippen LogP) is 6.61. The summed E-state index contributed by atoms with van der Waals surface area (Å²) in [6.07, 6.45) is -2.51. The molecule has 0 radical (unpaired) electrons. The highest BCUT2D eigenvalue weighted by molar-refractivity contribution is 8.00. The monoisotopic (exact) mass is 458 g/mol. The molecule has 162 valence electrons. The number of benzene rings is 2. The van der Waals surface area contributed by atoms with Crippen molar-refractivity contribution in [1.29, 1.82) is 0 Å². The van der Waals surface area contributed by atoms with Gasteiger partial charge in [0.05, 0.1) is 16.5 Å². The van der Waals surface area contributed by atoms with E-state index in [1.54, 1.807) is 31.2 Å². The first-order valence-corrected chi connectivity index (χ1v) is 10.6. The number of unbranched alkanes of at least 4 members (excludes halogenated alkanes) is 1. The van der Waals surface area contributed by atoms with Crippen molar-refractivity contribution in [2.24, 2.45) is 0 Å². The van der Waals surface area contributed by atoms with Gasteiger partial charge in [-0.1, -0.05) is 31.0 Å². The molecule has 2 aromatic rings. The second-order valence-electron chi connectivity index (χ2n) is 6.62. The maximum Gasteiger partial charge on any atom is 0.418 e. The van der Waals surface area contributed by atoms with E-state index < -0.39 is 22.9 Å². The molecule has 0 aromatic heterocycles. The Morgan fingerprint density at radius 2 is 1.87 bits per heavy atom. The lowest BCUT2D eigenvalue weighted by Gasteiger charge is -2.17. The van der Waals surface area contributed by atoms with Crippen LogP contribution in [-0.4, -0.2) is 17.1 Å². The molecule has 0 spiro atoms. The summed E-state index contributed by atoms with van der Waals surface area (Å²) in [5, 5.41) is 4.38. The molecule has 0 aliphatic rings. The van der Waals surface area contributed by atoms with Gasteiger partial charge < -0.3 is 10.6 Å². The maximum absolute atomic E-state index is 13.2. The minimum absolute atomic E-state index is 0.0689. The Hall–Kier alpha value is -2.19. The second-order valence-corrected chi connectivity index (χ2v) is 8.47. The van der Waals surface area contributed by atoms with E-state index in [1.807, 2.05) is 6.92 Å². The number of carbonyl (C=O) groups is 2. The van der Waals surface area contributed by atoms with Crippen molar-refractivity contribution in [3.05, 3.63) is 53.1 Å². The highest BCUT2D eigenvalue weighted by atomic mass is 35.5. The largest absolute Gasteiger partial charge is 0.418 e. The molecule has 2 aromatic carbocycles. The molecule has 0 fully saturated rings. The summed E-state index contributed by atoms with van der Waals surface area (Å²) in [7, 11) is 0. The minimum atomic E-state index is -4.64. The van der Waals surface area contributed by atoms with Gasteiger partial charge in [0.2, 0.25) is 11.8 Å². The molecule has 2 N–H and O–H groups in total. The summed E-state index contributed by atoms with van der Waals surface area (Å²) in [6.45, 7) is 3.59. The van der Waals surface area contributed by atoms with Crippen molar-refractivity contribution in [2.45, 2.75) is 49.4 Å². The first kappa shape index (κ1) is 24.1. The third-order valence-electron chi connectivity index (χ3n) is 4.10. The summed E-state index contributed by atoms with van der Waals surface area (Å²) in [4.78, 5) is 25.0. The van der Waals surface area contributed by atoms with Crippen molar-refractivity contribution in [1.82, 2.24) is 0 Å². The number of alkyl halides is 3. The molecule has 0 heterocycles. The predicted molar refractivity (Wildman–Crippen MR) is 115 cm³/mol. The lowest BCUT2D eigenvalue weighted by molar-refractivity contribution is -0.137. The molecule has 1 atom stereocenters. The molecule has 0 saturated carbocycles. The summed E-state index contributed by atoms with van der Waals surface area (Å²) >= 11 is 6.84. The van der Waals surface area contributed by atoms with Gasteiger partial charge >= 0.3 is 6.18 Å². The molecular weight excluding hydrogens is 437 g/mol. The van der Waals surface area contributed by atoms with Gasteiger partial charge in [0.15, 0.2) is 0 Å². The van der Waals surface area contributed by atoms with Gasteiger partial charge in [0.1, 0.15) is 0 Å². The topological polar surface area (TPSA) is 58.2 Å². The maximum atomic E-state index is 13.2. The number of amides is 2. The highest BCUT2D eigenvalue weighted by Gasteiger charge is 2.34. The Morgan fingerprint density at radius 3 is 2.53 bits per heavy atom. The summed E-state index contributed by atoms with van der Waals surface area (Å²) < 4.78 is 39.6. The van der Waals surface area contributed by atoms with Crippen LogP contribution in [0, 0.1) is 0 Å². The smallest absolute Gasteiger partial charge is 0.326 e. The number of nitrogens with one attached hydrogen (secondary N) is 2. The minimum Gasteiger partial charge on any atom is -0.326 e. The normalized spacial score (nSPS) is 12.3. The molecular formula is C21H22ClF3N2O2S. The summed E-state index contributed by atoms with van der Waals surface area (Å²) in [6, 6.07) is 10.2. The van der Waals surface area contributed by atoms with Crippen LogP contribution in [0.5, 0.6) is 0 Å². The van der Waals surface area contributed by atoms with Gasteiger partial charge in [-0.3, -0.25) is 9.59 Å². The van der Waals surface area contributed by atoms with Crippen LogP contribution in [0.2, 0.25) is 5.02 Å². The molecule has 1 unspecified atom stereocenters. The van der Waals surface area contributed by atoms with E-state index in [1.165, 1.54) is 17.8 Å². The number of anilines is 2. The third-order valence-corrected chi connectivity index (χ3v) is 5.43. The van der Waals surface area contributed by atoms with Crippen LogP contribution in [0.4, 0.5) is 24.5 Å². The van der Waals surface area contributed by atoms with Crippen LogP contribution in [-0.2, 0) is 15.8 Å². The Kier molecular flexibility index (Phi) is 8.61. The zero-order valence-corrected chi connectivity index (χ0v) is 18.0. The Labute approximate surface area is 182 Å². The Balaban J connectivity index is 2.05. The molecule has 0 aliphatic carbocycles. The fraction of sp³-hybridized carbons (Fsp3) is 0.333. The van der Waals surface area contributed by atoms with Gasteiger partial charge in [0, 0.05) is 22.0 Å². The standard InChI is InChI=1S/C21H22ClF3N2O2S/c1-3-4-8-19(28)26-15-6-5-7-16(12-15)30-13(2)20(29)27-18-10-9-14(22)11-17(18)21(23,24)25/h5-7,9-13H,3-4,8H2,1-2H3,(H,26,28)(H,27,29). The average molecular weight is 459 g/mol. The van der Waals surface area contributed by atoms with Crippen LogP contribution >= 0.6 is 23.4 Å². The van der Waals surface area contributed by atoms with Crippen LogP contribution in [0.15, 0.2) is 47.4 Å². The first-order chi connectivity index (χ1) is 14.1. The zero-order chi connectivity index (χ0) is 22.3. The van der Waals surface area contributed by atoms with Crippen LogP contribution in [0.25, 0.3) is 0 Å². The van der Waals surface area contributed by atoms with Crippen molar-refractivity contribution in [2.75, 3.05) is 10.6 Å². The van der Waals surface area contributed by atoms with Crippen molar-refractivity contribution >= 4 is 46.6 Å². The van der Waals surface area contributed by atoms with Gasteiger partial charge in [-0.05, 0) is 49.7 Å². The molecule has 0 saturated heterocycles. The number of thioether (sulfide) groups is 1. The third kappa shape index (κ3) is 7.25. The van der Waals surface area contributed by atoms with E-state index in [-0.39, 0.29) is 16.6 Å². The molecule has 30 heavy (non-hydrogen) atoms. The van der Waals surface area contributed by atoms with Crippen LogP contribution in [0.1, 0.15) is 38.7 Å². The van der Waals surface area contributed by atoms with E-state index >= 15 is 0 Å². The van der Waals surface area contributed by atoms with Crippen molar-refractivity contribution in [3.63, 3.8) is 0 Å². The van der Waals surface area contributed by atoms with Gasteiger partial charge in [-0.15, -0.1) is 11.8 Å². The highest BCUT2D eigenvalue weighted by Crippen LogP contribution is 2.37. The van der Waals surface area contributed by atoms with Gasteiger partial charge in [-0.2, -0.15) is 13.2 Å². The number of halogens is 4. The second kappa shape index (κ2) is 10.7. The molecule has 0 aliphatic heterocycles. The van der Waals surface area contributed by atoms with Gasteiger partial charge in [0.25, 0.3) is 0 Å². The van der Waals surface area contributed by atoms with E-state index in [4.69, 9.17) is 11.6 Å². The van der Waals surface area contributed by atoms with Crippen LogP contribution < -0.4 is 10.6 Å². The molecule has 0 bridgehead atoms. The quantitative estimate of drug-likeness (QED) is 0.438. The van der Waals surface area contributed by atoms with E-state index in [9.17, 15) is 22.8 Å². The number of hydrogen-bond donors (Lipinski definition) is 2. The molecule has 9 heteroatoms. The Morgan fingerprint density at radius 1 is 1.13 bits per heavy atom. The van der Waals surface area contributed by atoms with E-state index in [0.29, 0.717) is 17.0 Å². The van der Waals surface area contributed by atoms with Crippen molar-refractivity contribution < 1.29 is 22.8 Å². The molecule has 2 rings (SSSR count).